The van der Waals surface area contributed by atoms with E-state index in [4.69, 9.17) is 82.9 Å². The molecule has 0 spiro atoms. The molecule has 0 aliphatic heterocycles. The third-order valence-electron chi connectivity index (χ3n) is 1.96. The van der Waals surface area contributed by atoms with E-state index in [1.807, 2.05) is 27.7 Å². The Bertz CT molecular complexity index is 2340. The van der Waals surface area contributed by atoms with Crippen LogP contribution in [0.5, 0.6) is 0 Å². The SMILES string of the molecule is C.C.CC.CC.CC(=O)O.CCO.CO.CO.O.O.O.O.O.O.O.O.O.O.O.O=CO.O=CO.O=S(OOO)OOOS(=O)OOOS(=O)OOOS(=O)OS(=O)OOS(=O)OOOS(=O)OOOS(=O)OOO.O=[S-](=O)OO.O=[S-](=O)OO.O=[S-](=O)OOOOS(=O)(=O)OOS(=O)(=O)OO[S-](=O)=O.[Cr+3].[Cr].[Cr].[Cr]. The molecule has 0 saturated heterocycles. The van der Waals surface area contributed by atoms with Gasteiger partial charge in [-0.1, -0.05) is 131 Å². The number of carboxylic acid groups (broad SMARTS) is 3. The van der Waals surface area contributed by atoms with Crippen molar-refractivity contribution in [2.24, 2.45) is 0 Å². The average molecular weight is 2110 g/mol. The Hall–Kier alpha value is -0.560. The summed E-state index contributed by atoms with van der Waals surface area (Å²) in [4.78, 5) is 25.7. The van der Waals surface area contributed by atoms with E-state index in [0.29, 0.717) is 0 Å². The predicted octanol–water partition coefficient (Wildman–Crippen LogP) is -14.2. The molecule has 0 bridgehead atoms. The summed E-state index contributed by atoms with van der Waals surface area (Å²) in [5, 5.41) is 102. The second kappa shape index (κ2) is 162. The summed E-state index contributed by atoms with van der Waals surface area (Å²) in [7, 11) is -21.0. The fourth-order valence-corrected chi connectivity index (χ4v) is 3.99. The molecule has 0 aromatic heterocycles. The van der Waals surface area contributed by atoms with Crippen LogP contribution in [-0.4, -0.2) is 202 Å². The van der Waals surface area contributed by atoms with Gasteiger partial charge in [0.05, 0.1) is 43.9 Å². The third kappa shape index (κ3) is 239. The van der Waals surface area contributed by atoms with Gasteiger partial charge in [-0.2, -0.15) is 50.5 Å². The van der Waals surface area contributed by atoms with Gasteiger partial charge in [-0.15, -0.1) is 3.63 Å². The second-order valence-corrected chi connectivity index (χ2v) is 16.6. The summed E-state index contributed by atoms with van der Waals surface area (Å²) in [6, 6.07) is 0. The maximum absolute atomic E-state index is 11.1. The minimum atomic E-state index is -5.38. The van der Waals surface area contributed by atoms with Crippen molar-refractivity contribution in [2.45, 2.75) is 56.4 Å². The Kier molecular flexibility index (Phi) is 297. The Morgan fingerprint density at radius 1 is 0.370 bits per heavy atom. The Morgan fingerprint density at radius 2 is 0.537 bits per heavy atom. The minimum absolute atomic E-state index is 0. The van der Waals surface area contributed by atoms with Crippen molar-refractivity contribution in [1.82, 2.24) is 0 Å². The largest absolute Gasteiger partial charge is 3.00 e. The monoisotopic (exact) mass is 2110 g/mol. The molecule has 0 aromatic rings. The molecule has 76 nitrogen and oxygen atoms in total. The van der Waals surface area contributed by atoms with Gasteiger partial charge in [0.2, 0.25) is 0 Å². The summed E-state index contributed by atoms with van der Waals surface area (Å²) in [6.07, 6.45) is 0. The summed E-state index contributed by atoms with van der Waals surface area (Å²) in [5.41, 5.74) is 0. The molecule has 8 unspecified atom stereocenters. The van der Waals surface area contributed by atoms with Gasteiger partial charge in [0.1, 0.15) is 0 Å². The van der Waals surface area contributed by atoms with E-state index in [9.17, 15) is 67.3 Å². The van der Waals surface area contributed by atoms with Gasteiger partial charge in [0, 0.05) is 79.8 Å². The first kappa shape index (κ1) is 198. The van der Waals surface area contributed by atoms with Crippen LogP contribution in [0.1, 0.15) is 56.4 Å². The first-order valence-electron chi connectivity index (χ1n) is 16.9. The van der Waals surface area contributed by atoms with E-state index in [2.05, 4.69) is 144 Å². The number of aliphatic carboxylic acids is 1. The van der Waals surface area contributed by atoms with Crippen LogP contribution in [-0.2, 0) is 417 Å². The molecular formula is C14H68Cr4O76S14-. The van der Waals surface area contributed by atoms with Crippen molar-refractivity contribution in [2.75, 3.05) is 20.8 Å². The van der Waals surface area contributed by atoms with Crippen LogP contribution in [0, 0.1) is 0 Å². The summed E-state index contributed by atoms with van der Waals surface area (Å²) >= 11 is -24.7. The van der Waals surface area contributed by atoms with E-state index < -0.39 is 162 Å². The normalized spacial score (nSPS) is 10.8. The zero-order valence-electron chi connectivity index (χ0n) is 50.1. The zero-order valence-corrected chi connectivity index (χ0v) is 66.7. The smallest absolute Gasteiger partial charge is 0.483 e. The molecule has 94 heteroatoms. The standard InChI is InChI=1S/C2H4O2.C2H6O.2C2H6.2CH2O2.2CH4O.2CH4.4Cr.H2O32S8.O16S4.2HO4S.11H2O/c1-2(3)4;1-2-3;2*1-2;2*2-1-3;2*1-2;;;;;;;1-11-18-33(3)20-13-22-35(5)24-15-25-37(7)27-17-29-39(9)32-40(10)31-30-38(8)28-16-26-36(6)23-14-21-34(4)19-12-2;1-17(2)11-9-10-13-19(5,6)15-16-20(7,8)14-12-18(3)4;2*1-4-5(2)3;;;;;;;;;;;/h1H3,(H,3,4);3H,2H2,1H3;2*1-2H3;2*1H,(H,2,3);2*2H,1H3;2*1H4;;;;;1-2H;;2*1H;11*1H2/q;;;;;;;;;;;;;+3;;-2;2*-1;;;;;;;;;;;. The quantitative estimate of drug-likeness (QED) is 0.00892. The molecule has 0 aliphatic rings. The number of rotatable bonds is 42. The molecule has 0 rings (SSSR count). The number of carboxylic acids is 1. The second-order valence-electron chi connectivity index (χ2n) is 6.52. The van der Waals surface area contributed by atoms with Crippen molar-refractivity contribution >= 4 is 175 Å². The Balaban J connectivity index is -0.0000000290. The van der Waals surface area contributed by atoms with Crippen LogP contribution < -0.4 is 0 Å². The summed E-state index contributed by atoms with van der Waals surface area (Å²) in [6.45, 7) is 10.5. The van der Waals surface area contributed by atoms with Gasteiger partial charge in [-0.25, -0.2) is 14.8 Å². The van der Waals surface area contributed by atoms with E-state index in [-0.39, 0.29) is 164 Å². The van der Waals surface area contributed by atoms with Crippen molar-refractivity contribution < 1.29 is 424 Å². The molecule has 0 amide bonds. The van der Waals surface area contributed by atoms with Gasteiger partial charge in [-0.05, 0) is 41.5 Å². The van der Waals surface area contributed by atoms with Crippen molar-refractivity contribution in [3.8, 4) is 0 Å². The zero-order chi connectivity index (χ0) is 74.3. The van der Waals surface area contributed by atoms with E-state index >= 15 is 0 Å². The van der Waals surface area contributed by atoms with Gasteiger partial charge in [0.15, 0.2) is 0 Å². The van der Waals surface area contributed by atoms with E-state index in [0.717, 1.165) is 21.1 Å². The summed E-state index contributed by atoms with van der Waals surface area (Å²) < 4.78 is 281. The molecular weight excluding hydrogens is 2040 g/mol. The van der Waals surface area contributed by atoms with Crippen molar-refractivity contribution in [1.29, 1.82) is 0 Å². The van der Waals surface area contributed by atoms with Crippen LogP contribution in [0.3, 0.4) is 0 Å². The predicted molar refractivity (Wildman–Crippen MR) is 299 cm³/mol. The van der Waals surface area contributed by atoms with Crippen LogP contribution in [0.4, 0.5) is 0 Å². The topological polar surface area (TPSA) is 1240 Å². The molecule has 0 aliphatic carbocycles. The summed E-state index contributed by atoms with van der Waals surface area (Å²) in [5.74, 6) is -0.833. The fraction of sp³-hybridized carbons (Fsp3) is 0.786. The minimum Gasteiger partial charge on any atom is -0.483 e. The Labute approximate surface area is 671 Å². The fourth-order valence-electron chi connectivity index (χ4n) is 0.741. The van der Waals surface area contributed by atoms with Gasteiger partial charge in [0.25, 0.3) is 18.9 Å². The van der Waals surface area contributed by atoms with Gasteiger partial charge < -0.3 is 125 Å². The first-order valence-corrected chi connectivity index (χ1v) is 31.6. The van der Waals surface area contributed by atoms with E-state index in [1.54, 1.807) is 6.92 Å². The van der Waals surface area contributed by atoms with Crippen molar-refractivity contribution in [3.05, 3.63) is 0 Å². The van der Waals surface area contributed by atoms with Crippen LogP contribution in [0.15, 0.2) is 0 Å². The van der Waals surface area contributed by atoms with Crippen LogP contribution in [0.25, 0.3) is 0 Å². The van der Waals surface area contributed by atoms with Crippen LogP contribution in [0.2, 0.25) is 0 Å². The number of aliphatic hydroxyl groups excluding tert-OH is 3. The first-order chi connectivity index (χ1) is 42.6. The molecule has 108 heavy (non-hydrogen) atoms. The number of hydrogen-bond acceptors (Lipinski definition) is 66. The van der Waals surface area contributed by atoms with E-state index in [1.165, 1.54) is 0 Å². The maximum Gasteiger partial charge on any atom is 3.00 e. The molecule has 8 atom stereocenters. The average Bonchev–Trinajstić information content (AvgIpc) is 0.893. The van der Waals surface area contributed by atoms with Gasteiger partial charge >= 0.3 is 129 Å². The maximum atomic E-state index is 11.1. The number of aliphatic hydroxyl groups is 3. The number of carbonyl (C=O) groups is 3. The molecule has 1 radical (unpaired) electrons. The Morgan fingerprint density at radius 3 is 0.731 bits per heavy atom. The molecule has 0 heterocycles. The van der Waals surface area contributed by atoms with Gasteiger partial charge in [-0.3, -0.25) is 37.9 Å². The molecule has 0 saturated carbocycles. The van der Waals surface area contributed by atoms with Crippen LogP contribution >= 0.6 is 0 Å². The molecule has 0 fully saturated rings. The van der Waals surface area contributed by atoms with Crippen molar-refractivity contribution in [3.63, 3.8) is 0 Å². The third-order valence-corrected chi connectivity index (χ3v) is 6.99. The molecule has 32 N–H and O–H groups in total. The molecule has 689 valence electrons. The molecule has 0 aromatic carbocycles. The number of hydrogen-bond donors (Lipinski definition) is 10.